The molecule has 2 rings (SSSR count). The van der Waals surface area contributed by atoms with E-state index in [1.165, 1.54) is 12.8 Å². The van der Waals surface area contributed by atoms with Crippen LogP contribution in [0.25, 0.3) is 0 Å². The summed E-state index contributed by atoms with van der Waals surface area (Å²) in [4.78, 5) is 18.9. The molecular weight excluding hydrogens is 250 g/mol. The number of pyridine rings is 1. The highest BCUT2D eigenvalue weighted by molar-refractivity contribution is 5.95. The Morgan fingerprint density at radius 2 is 2.05 bits per heavy atom. The highest BCUT2D eigenvalue weighted by Crippen LogP contribution is 2.30. The van der Waals surface area contributed by atoms with Crippen LogP contribution >= 0.6 is 0 Å². The van der Waals surface area contributed by atoms with Gasteiger partial charge >= 0.3 is 0 Å². The first-order chi connectivity index (χ1) is 9.31. The number of rotatable bonds is 4. The van der Waals surface area contributed by atoms with E-state index >= 15 is 0 Å². The molecule has 0 unspecified atom stereocenters. The molecule has 1 aromatic heterocycles. The lowest BCUT2D eigenvalue weighted by Crippen LogP contribution is -2.33. The van der Waals surface area contributed by atoms with Crippen molar-refractivity contribution < 1.29 is 4.79 Å². The third-order valence-corrected chi connectivity index (χ3v) is 3.70. The number of anilines is 1. The molecule has 0 aliphatic heterocycles. The Bertz CT molecular complexity index is 501. The van der Waals surface area contributed by atoms with E-state index < -0.39 is 0 Å². The average Bonchev–Trinajstić information content (AvgIpc) is 3.17. The van der Waals surface area contributed by atoms with E-state index in [9.17, 15) is 4.79 Å². The van der Waals surface area contributed by atoms with Crippen LogP contribution in [0.4, 0.5) is 5.82 Å². The molecule has 1 heterocycles. The Labute approximate surface area is 121 Å². The van der Waals surface area contributed by atoms with Gasteiger partial charge in [-0.25, -0.2) is 4.98 Å². The molecule has 0 atom stereocenters. The van der Waals surface area contributed by atoms with Crippen LogP contribution < -0.4 is 5.73 Å². The van der Waals surface area contributed by atoms with Crippen molar-refractivity contribution in [1.82, 2.24) is 9.88 Å². The molecule has 0 saturated heterocycles. The van der Waals surface area contributed by atoms with Gasteiger partial charge in [0.05, 0.1) is 0 Å². The molecule has 1 amide bonds. The maximum atomic E-state index is 12.6. The molecule has 0 radical (unpaired) electrons. The van der Waals surface area contributed by atoms with Crippen LogP contribution in [0.1, 0.15) is 56.6 Å². The monoisotopic (exact) mass is 275 g/mol. The van der Waals surface area contributed by atoms with Gasteiger partial charge in [0.15, 0.2) is 0 Å². The Morgan fingerprint density at radius 3 is 2.55 bits per heavy atom. The Kier molecular flexibility index (Phi) is 4.02. The zero-order valence-corrected chi connectivity index (χ0v) is 12.9. The standard InChI is InChI=1S/C16H25N3O/c1-5-19(10-11-6-7-11)15(20)12-8-13(16(2,3)4)18-14(17)9-12/h8-9,11H,5-7,10H2,1-4H3,(H2,17,18). The normalized spacial score (nSPS) is 15.2. The molecule has 1 saturated carbocycles. The van der Waals surface area contributed by atoms with Gasteiger partial charge in [-0.2, -0.15) is 0 Å². The fraction of sp³-hybridized carbons (Fsp3) is 0.625. The van der Waals surface area contributed by atoms with Crippen LogP contribution in [0.3, 0.4) is 0 Å². The molecule has 1 aliphatic carbocycles. The third-order valence-electron chi connectivity index (χ3n) is 3.70. The van der Waals surface area contributed by atoms with Crippen molar-refractivity contribution in [3.8, 4) is 0 Å². The van der Waals surface area contributed by atoms with E-state index in [0.717, 1.165) is 18.8 Å². The number of nitrogens with two attached hydrogens (primary N) is 1. The lowest BCUT2D eigenvalue weighted by atomic mass is 9.90. The minimum Gasteiger partial charge on any atom is -0.384 e. The van der Waals surface area contributed by atoms with Crippen LogP contribution in [0, 0.1) is 5.92 Å². The van der Waals surface area contributed by atoms with Crippen molar-refractivity contribution >= 4 is 11.7 Å². The molecule has 1 fully saturated rings. The number of carbonyl (C=O) groups excluding carboxylic acids is 1. The number of hydrogen-bond acceptors (Lipinski definition) is 3. The Hall–Kier alpha value is -1.58. The van der Waals surface area contributed by atoms with Gasteiger partial charge in [0.25, 0.3) is 5.91 Å². The smallest absolute Gasteiger partial charge is 0.254 e. The molecule has 4 heteroatoms. The maximum absolute atomic E-state index is 12.6. The summed E-state index contributed by atoms with van der Waals surface area (Å²) in [5.41, 5.74) is 7.28. The summed E-state index contributed by atoms with van der Waals surface area (Å²) in [7, 11) is 0. The molecule has 0 bridgehead atoms. The number of carbonyl (C=O) groups is 1. The van der Waals surface area contributed by atoms with Crippen LogP contribution in [0.2, 0.25) is 0 Å². The second-order valence-electron chi connectivity index (χ2n) is 6.70. The van der Waals surface area contributed by atoms with Crippen molar-refractivity contribution in [3.05, 3.63) is 23.4 Å². The van der Waals surface area contributed by atoms with Crippen molar-refractivity contribution in [2.45, 2.75) is 46.0 Å². The topological polar surface area (TPSA) is 59.2 Å². The van der Waals surface area contributed by atoms with Crippen LogP contribution in [-0.2, 0) is 5.41 Å². The molecule has 4 nitrogen and oxygen atoms in total. The van der Waals surface area contributed by atoms with Crippen molar-refractivity contribution in [2.24, 2.45) is 5.92 Å². The van der Waals surface area contributed by atoms with Crippen molar-refractivity contribution in [3.63, 3.8) is 0 Å². The highest BCUT2D eigenvalue weighted by atomic mass is 16.2. The number of amides is 1. The SMILES string of the molecule is CCN(CC1CC1)C(=O)c1cc(N)nc(C(C)(C)C)c1. The first-order valence-corrected chi connectivity index (χ1v) is 7.38. The summed E-state index contributed by atoms with van der Waals surface area (Å²) in [5, 5.41) is 0. The first kappa shape index (κ1) is 14.8. The zero-order chi connectivity index (χ0) is 14.9. The summed E-state index contributed by atoms with van der Waals surface area (Å²) < 4.78 is 0. The predicted octanol–water partition coefficient (Wildman–Crippen LogP) is 2.83. The minimum atomic E-state index is -0.113. The van der Waals surface area contributed by atoms with Crippen molar-refractivity contribution in [2.75, 3.05) is 18.8 Å². The second-order valence-corrected chi connectivity index (χ2v) is 6.70. The van der Waals surface area contributed by atoms with Gasteiger partial charge in [0.1, 0.15) is 5.82 Å². The predicted molar refractivity (Wildman–Crippen MR) is 81.7 cm³/mol. The Morgan fingerprint density at radius 1 is 1.40 bits per heavy atom. The summed E-state index contributed by atoms with van der Waals surface area (Å²) >= 11 is 0. The highest BCUT2D eigenvalue weighted by Gasteiger charge is 2.27. The summed E-state index contributed by atoms with van der Waals surface area (Å²) in [6.07, 6.45) is 2.49. The van der Waals surface area contributed by atoms with Crippen LogP contribution in [0.5, 0.6) is 0 Å². The summed E-state index contributed by atoms with van der Waals surface area (Å²) in [6, 6.07) is 3.57. The molecule has 1 aromatic rings. The number of nitrogen functional groups attached to an aromatic ring is 1. The van der Waals surface area contributed by atoms with Gasteiger partial charge in [-0.1, -0.05) is 20.8 Å². The molecule has 2 N–H and O–H groups in total. The van der Waals surface area contributed by atoms with Crippen LogP contribution in [0.15, 0.2) is 12.1 Å². The maximum Gasteiger partial charge on any atom is 0.254 e. The van der Waals surface area contributed by atoms with E-state index in [1.54, 1.807) is 6.07 Å². The van der Waals surface area contributed by atoms with E-state index in [1.807, 2.05) is 17.9 Å². The number of aromatic nitrogens is 1. The number of nitrogens with zero attached hydrogens (tertiary/aromatic N) is 2. The molecule has 20 heavy (non-hydrogen) atoms. The van der Waals surface area contributed by atoms with Crippen LogP contribution in [-0.4, -0.2) is 28.9 Å². The molecular formula is C16H25N3O. The van der Waals surface area contributed by atoms with E-state index in [2.05, 4.69) is 25.8 Å². The van der Waals surface area contributed by atoms with E-state index in [-0.39, 0.29) is 11.3 Å². The van der Waals surface area contributed by atoms with Gasteiger partial charge in [-0.3, -0.25) is 4.79 Å². The van der Waals surface area contributed by atoms with Gasteiger partial charge in [0, 0.05) is 29.8 Å². The Balaban J connectivity index is 2.26. The molecule has 0 spiro atoms. The lowest BCUT2D eigenvalue weighted by Gasteiger charge is -2.23. The zero-order valence-electron chi connectivity index (χ0n) is 12.9. The first-order valence-electron chi connectivity index (χ1n) is 7.38. The van der Waals surface area contributed by atoms with Gasteiger partial charge in [-0.05, 0) is 37.8 Å². The number of hydrogen-bond donors (Lipinski definition) is 1. The molecule has 0 aromatic carbocycles. The minimum absolute atomic E-state index is 0.0685. The average molecular weight is 275 g/mol. The van der Waals surface area contributed by atoms with Crippen molar-refractivity contribution in [1.29, 1.82) is 0 Å². The van der Waals surface area contributed by atoms with Gasteiger partial charge in [-0.15, -0.1) is 0 Å². The largest absolute Gasteiger partial charge is 0.384 e. The second kappa shape index (κ2) is 5.43. The molecule has 1 aliphatic rings. The molecule has 110 valence electrons. The summed E-state index contributed by atoms with van der Waals surface area (Å²) in [5.74, 6) is 1.18. The lowest BCUT2D eigenvalue weighted by molar-refractivity contribution is 0.0756. The quantitative estimate of drug-likeness (QED) is 0.919. The summed E-state index contributed by atoms with van der Waals surface area (Å²) in [6.45, 7) is 9.85. The van der Waals surface area contributed by atoms with Gasteiger partial charge < -0.3 is 10.6 Å². The fourth-order valence-electron chi connectivity index (χ4n) is 2.21. The fourth-order valence-corrected chi connectivity index (χ4v) is 2.21. The van der Waals surface area contributed by atoms with Gasteiger partial charge in [0.2, 0.25) is 0 Å². The third kappa shape index (κ3) is 3.50. The van der Waals surface area contributed by atoms with E-state index in [0.29, 0.717) is 17.3 Å². The van der Waals surface area contributed by atoms with E-state index in [4.69, 9.17) is 5.73 Å².